The van der Waals surface area contributed by atoms with Crippen LogP contribution in [0.1, 0.15) is 39.2 Å². The number of nitrogens with zero attached hydrogens (tertiary/aromatic N) is 1. The molecule has 0 aromatic heterocycles. The van der Waals surface area contributed by atoms with Gasteiger partial charge in [0.15, 0.2) is 0 Å². The molecule has 1 aromatic rings. The Balaban J connectivity index is 1.86. The van der Waals surface area contributed by atoms with Crippen LogP contribution in [0.3, 0.4) is 0 Å². The van der Waals surface area contributed by atoms with E-state index in [1.54, 1.807) is 0 Å². The van der Waals surface area contributed by atoms with Crippen molar-refractivity contribution in [2.75, 3.05) is 19.6 Å². The van der Waals surface area contributed by atoms with Gasteiger partial charge in [-0.1, -0.05) is 34.1 Å². The van der Waals surface area contributed by atoms with E-state index in [4.69, 9.17) is 0 Å². The molecule has 1 aliphatic heterocycles. The molecule has 1 saturated heterocycles. The lowest BCUT2D eigenvalue weighted by Gasteiger charge is -2.34. The van der Waals surface area contributed by atoms with Gasteiger partial charge in [-0.25, -0.2) is 0 Å². The van der Waals surface area contributed by atoms with Crippen molar-refractivity contribution in [2.45, 2.75) is 45.7 Å². The molecule has 112 valence electrons. The van der Waals surface area contributed by atoms with Crippen molar-refractivity contribution in [3.63, 3.8) is 0 Å². The van der Waals surface area contributed by atoms with Gasteiger partial charge in [0.2, 0.25) is 0 Å². The number of hydrogen-bond donors (Lipinski definition) is 1. The van der Waals surface area contributed by atoms with Crippen LogP contribution >= 0.6 is 15.9 Å². The van der Waals surface area contributed by atoms with Gasteiger partial charge in [0.25, 0.3) is 0 Å². The number of hydrogen-bond acceptors (Lipinski definition) is 2. The Morgan fingerprint density at radius 3 is 2.75 bits per heavy atom. The summed E-state index contributed by atoms with van der Waals surface area (Å²) in [7, 11) is 0. The van der Waals surface area contributed by atoms with Crippen molar-refractivity contribution in [3.05, 3.63) is 34.3 Å². The number of halogens is 1. The summed E-state index contributed by atoms with van der Waals surface area (Å²) in [5, 5.41) is 3.65. The third kappa shape index (κ3) is 5.19. The van der Waals surface area contributed by atoms with Gasteiger partial charge in [-0.2, -0.15) is 0 Å². The number of rotatable bonds is 4. The van der Waals surface area contributed by atoms with Crippen LogP contribution in [0, 0.1) is 5.92 Å². The molecule has 20 heavy (non-hydrogen) atoms. The first-order valence-electron chi connectivity index (χ1n) is 7.65. The molecule has 1 fully saturated rings. The minimum atomic E-state index is 0.227. The third-order valence-corrected chi connectivity index (χ3v) is 4.65. The molecular formula is C17H27BrN2. The van der Waals surface area contributed by atoms with Gasteiger partial charge in [0.1, 0.15) is 0 Å². The molecule has 0 bridgehead atoms. The lowest BCUT2D eigenvalue weighted by atomic mass is 9.96. The first-order chi connectivity index (χ1) is 9.44. The van der Waals surface area contributed by atoms with Crippen LogP contribution in [-0.4, -0.2) is 30.1 Å². The standard InChI is InChI=1S/C17H27BrN2/c1-17(2,3)19-11-14-7-6-10-20(12-14)13-15-8-4-5-9-16(15)18/h4-5,8-9,14,19H,6-7,10-13H2,1-3H3. The van der Waals surface area contributed by atoms with E-state index in [1.807, 2.05) is 0 Å². The maximum atomic E-state index is 3.66. The van der Waals surface area contributed by atoms with Crippen LogP contribution < -0.4 is 5.32 Å². The van der Waals surface area contributed by atoms with Crippen molar-refractivity contribution in [3.8, 4) is 0 Å². The van der Waals surface area contributed by atoms with Gasteiger partial charge in [-0.3, -0.25) is 4.90 Å². The average molecular weight is 339 g/mol. The third-order valence-electron chi connectivity index (χ3n) is 3.88. The summed E-state index contributed by atoms with van der Waals surface area (Å²) in [6.07, 6.45) is 2.68. The molecule has 0 aliphatic carbocycles. The number of piperidine rings is 1. The molecule has 0 amide bonds. The van der Waals surface area contributed by atoms with Gasteiger partial charge in [-0.05, 0) is 64.3 Å². The zero-order valence-corrected chi connectivity index (χ0v) is 14.5. The molecule has 1 aromatic carbocycles. The highest BCUT2D eigenvalue weighted by atomic mass is 79.9. The summed E-state index contributed by atoms with van der Waals surface area (Å²) >= 11 is 3.66. The topological polar surface area (TPSA) is 15.3 Å². The van der Waals surface area contributed by atoms with E-state index in [0.717, 1.165) is 19.0 Å². The molecule has 1 atom stereocenters. The quantitative estimate of drug-likeness (QED) is 0.890. The molecule has 3 heteroatoms. The second-order valence-electron chi connectivity index (χ2n) is 6.97. The molecule has 2 rings (SSSR count). The maximum Gasteiger partial charge on any atom is 0.0245 e. The summed E-state index contributed by atoms with van der Waals surface area (Å²) in [6, 6.07) is 8.57. The second-order valence-corrected chi connectivity index (χ2v) is 7.82. The number of benzene rings is 1. The highest BCUT2D eigenvalue weighted by molar-refractivity contribution is 9.10. The molecule has 2 nitrogen and oxygen atoms in total. The van der Waals surface area contributed by atoms with E-state index in [1.165, 1.54) is 36.0 Å². The Morgan fingerprint density at radius 1 is 1.30 bits per heavy atom. The lowest BCUT2D eigenvalue weighted by Crippen LogP contribution is -2.44. The number of nitrogens with one attached hydrogen (secondary N) is 1. The molecule has 1 N–H and O–H groups in total. The summed E-state index contributed by atoms with van der Waals surface area (Å²) in [4.78, 5) is 2.60. The number of likely N-dealkylation sites (tertiary alicyclic amines) is 1. The monoisotopic (exact) mass is 338 g/mol. The van der Waals surface area contributed by atoms with Crippen LogP contribution in [0.5, 0.6) is 0 Å². The van der Waals surface area contributed by atoms with E-state index < -0.39 is 0 Å². The van der Waals surface area contributed by atoms with E-state index >= 15 is 0 Å². The van der Waals surface area contributed by atoms with Crippen molar-refractivity contribution < 1.29 is 0 Å². The Bertz CT molecular complexity index is 425. The summed E-state index contributed by atoms with van der Waals surface area (Å²) in [5.41, 5.74) is 1.63. The maximum absolute atomic E-state index is 3.66. The predicted molar refractivity (Wildman–Crippen MR) is 89.9 cm³/mol. The smallest absolute Gasteiger partial charge is 0.0245 e. The van der Waals surface area contributed by atoms with Gasteiger partial charge in [0.05, 0.1) is 0 Å². The minimum absolute atomic E-state index is 0.227. The summed E-state index contributed by atoms with van der Waals surface area (Å²) < 4.78 is 1.23. The van der Waals surface area contributed by atoms with Gasteiger partial charge in [0, 0.05) is 23.1 Å². The van der Waals surface area contributed by atoms with Crippen LogP contribution in [0.4, 0.5) is 0 Å². The first-order valence-corrected chi connectivity index (χ1v) is 8.44. The van der Waals surface area contributed by atoms with Crippen molar-refractivity contribution in [2.24, 2.45) is 5.92 Å². The van der Waals surface area contributed by atoms with Crippen LogP contribution in [0.25, 0.3) is 0 Å². The fourth-order valence-electron chi connectivity index (χ4n) is 2.78. The van der Waals surface area contributed by atoms with Crippen molar-refractivity contribution >= 4 is 15.9 Å². The van der Waals surface area contributed by atoms with Gasteiger partial charge in [-0.15, -0.1) is 0 Å². The van der Waals surface area contributed by atoms with Crippen LogP contribution in [0.15, 0.2) is 28.7 Å². The zero-order chi connectivity index (χ0) is 14.6. The molecule has 1 aliphatic rings. The summed E-state index contributed by atoms with van der Waals surface area (Å²) in [5.74, 6) is 0.783. The van der Waals surface area contributed by atoms with Crippen molar-refractivity contribution in [1.29, 1.82) is 0 Å². The van der Waals surface area contributed by atoms with Gasteiger partial charge < -0.3 is 5.32 Å². The fourth-order valence-corrected chi connectivity index (χ4v) is 3.19. The predicted octanol–water partition coefficient (Wildman–Crippen LogP) is 4.05. The first kappa shape index (κ1) is 16.0. The van der Waals surface area contributed by atoms with Gasteiger partial charge >= 0.3 is 0 Å². The Kier molecular flexibility index (Phi) is 5.65. The Labute approximate surface area is 132 Å². The molecule has 0 radical (unpaired) electrons. The largest absolute Gasteiger partial charge is 0.312 e. The molecule has 1 heterocycles. The minimum Gasteiger partial charge on any atom is -0.312 e. The van der Waals surface area contributed by atoms with E-state index in [-0.39, 0.29) is 5.54 Å². The van der Waals surface area contributed by atoms with Crippen LogP contribution in [0.2, 0.25) is 0 Å². The van der Waals surface area contributed by atoms with E-state index in [2.05, 4.69) is 71.2 Å². The molecule has 0 saturated carbocycles. The highest BCUT2D eigenvalue weighted by Gasteiger charge is 2.21. The lowest BCUT2D eigenvalue weighted by molar-refractivity contribution is 0.159. The SMILES string of the molecule is CC(C)(C)NCC1CCCN(Cc2ccccc2Br)C1. The van der Waals surface area contributed by atoms with Crippen molar-refractivity contribution in [1.82, 2.24) is 10.2 Å². The summed E-state index contributed by atoms with van der Waals surface area (Å²) in [6.45, 7) is 11.4. The average Bonchev–Trinajstić information content (AvgIpc) is 2.39. The zero-order valence-electron chi connectivity index (χ0n) is 13.0. The second kappa shape index (κ2) is 7.06. The normalized spacial score (nSPS) is 21.1. The fraction of sp³-hybridized carbons (Fsp3) is 0.647. The van der Waals surface area contributed by atoms with E-state index in [9.17, 15) is 0 Å². The van der Waals surface area contributed by atoms with Crippen LogP contribution in [-0.2, 0) is 6.54 Å². The Morgan fingerprint density at radius 2 is 2.05 bits per heavy atom. The molecular weight excluding hydrogens is 312 g/mol. The Hall–Kier alpha value is -0.380. The highest BCUT2D eigenvalue weighted by Crippen LogP contribution is 2.22. The molecule has 0 spiro atoms. The van der Waals surface area contributed by atoms with E-state index in [0.29, 0.717) is 0 Å². The molecule has 1 unspecified atom stereocenters.